The molecule has 1 fully saturated rings. The molecule has 116 valence electrons. The molecule has 2 rings (SSSR count). The van der Waals surface area contributed by atoms with Crippen molar-refractivity contribution in [3.63, 3.8) is 0 Å². The summed E-state index contributed by atoms with van der Waals surface area (Å²) in [4.78, 5) is 1.82. The Morgan fingerprint density at radius 3 is 2.90 bits per heavy atom. The van der Waals surface area contributed by atoms with Crippen molar-refractivity contribution < 1.29 is 8.42 Å². The second-order valence-corrected chi connectivity index (χ2v) is 8.78. The van der Waals surface area contributed by atoms with Gasteiger partial charge in [0.05, 0.1) is 5.69 Å². The molecule has 3 N–H and O–H groups in total. The van der Waals surface area contributed by atoms with Crippen molar-refractivity contribution in [3.05, 3.63) is 28.8 Å². The summed E-state index contributed by atoms with van der Waals surface area (Å²) in [6, 6.07) is 5.01. The summed E-state index contributed by atoms with van der Waals surface area (Å²) in [6.07, 6.45) is 0. The van der Waals surface area contributed by atoms with Gasteiger partial charge in [-0.25, -0.2) is 8.42 Å². The molecule has 5 nitrogen and oxygen atoms in total. The number of rotatable bonds is 4. The van der Waals surface area contributed by atoms with Crippen LogP contribution in [0.15, 0.2) is 18.2 Å². The van der Waals surface area contributed by atoms with Gasteiger partial charge >= 0.3 is 0 Å². The Balaban J connectivity index is 2.52. The molecule has 0 aliphatic carbocycles. The largest absolute Gasteiger partial charge is 0.384 e. The Kier molecular flexibility index (Phi) is 5.06. The van der Waals surface area contributed by atoms with Gasteiger partial charge < -0.3 is 10.6 Å². The number of sulfone groups is 1. The lowest BCUT2D eigenvalue weighted by atomic mass is 10.1. The van der Waals surface area contributed by atoms with Crippen LogP contribution in [0.4, 0.5) is 5.69 Å². The van der Waals surface area contributed by atoms with Gasteiger partial charge in [0.2, 0.25) is 0 Å². The fourth-order valence-electron chi connectivity index (χ4n) is 2.32. The average molecular weight is 348 g/mol. The van der Waals surface area contributed by atoms with Crippen LogP contribution in [0.2, 0.25) is 5.02 Å². The summed E-state index contributed by atoms with van der Waals surface area (Å²) in [5.41, 5.74) is 6.76. The number of hydrogen-bond donors (Lipinski definition) is 2. The molecule has 21 heavy (non-hydrogen) atoms. The van der Waals surface area contributed by atoms with Crippen LogP contribution in [0.5, 0.6) is 0 Å². The van der Waals surface area contributed by atoms with Crippen LogP contribution in [-0.2, 0) is 9.84 Å². The molecular formula is C13H18ClN3O2S2. The third kappa shape index (κ3) is 3.46. The number of nitrogen functional groups attached to an aromatic ring is 1. The van der Waals surface area contributed by atoms with E-state index in [4.69, 9.17) is 22.7 Å². The van der Waals surface area contributed by atoms with E-state index in [1.165, 1.54) is 0 Å². The highest BCUT2D eigenvalue weighted by Gasteiger charge is 2.34. The monoisotopic (exact) mass is 347 g/mol. The van der Waals surface area contributed by atoms with Gasteiger partial charge in [-0.2, -0.15) is 11.8 Å². The van der Waals surface area contributed by atoms with Crippen LogP contribution in [-0.4, -0.2) is 43.4 Å². The van der Waals surface area contributed by atoms with E-state index in [0.717, 1.165) is 5.75 Å². The molecule has 0 amide bonds. The molecule has 0 aromatic heterocycles. The molecule has 1 unspecified atom stereocenters. The summed E-state index contributed by atoms with van der Waals surface area (Å²) in [6.45, 7) is 2.24. The van der Waals surface area contributed by atoms with Gasteiger partial charge in [-0.05, 0) is 18.2 Å². The first-order valence-corrected chi connectivity index (χ1v) is 9.81. The van der Waals surface area contributed by atoms with E-state index >= 15 is 0 Å². The summed E-state index contributed by atoms with van der Waals surface area (Å²) < 4.78 is 24.7. The van der Waals surface area contributed by atoms with Crippen LogP contribution in [0.25, 0.3) is 0 Å². The van der Waals surface area contributed by atoms with Crippen LogP contribution in [0.1, 0.15) is 12.5 Å². The maximum Gasteiger partial charge on any atom is 0.171 e. The molecular weight excluding hydrogens is 330 g/mol. The van der Waals surface area contributed by atoms with Crippen molar-refractivity contribution in [2.45, 2.75) is 12.3 Å². The first-order chi connectivity index (χ1) is 9.86. The number of amidine groups is 1. The minimum absolute atomic E-state index is 0.0880. The van der Waals surface area contributed by atoms with Gasteiger partial charge in [-0.15, -0.1) is 0 Å². The molecule has 1 aliphatic heterocycles. The molecule has 1 aromatic rings. The Labute approximate surface area is 134 Å². The van der Waals surface area contributed by atoms with Gasteiger partial charge in [0, 0.05) is 34.4 Å². The third-order valence-electron chi connectivity index (χ3n) is 3.46. The van der Waals surface area contributed by atoms with E-state index in [-0.39, 0.29) is 11.6 Å². The van der Waals surface area contributed by atoms with Crippen LogP contribution >= 0.6 is 23.4 Å². The molecule has 1 aromatic carbocycles. The smallest absolute Gasteiger partial charge is 0.171 e. The molecule has 0 saturated carbocycles. The molecule has 0 spiro atoms. The predicted octanol–water partition coefficient (Wildman–Crippen LogP) is 1.94. The topological polar surface area (TPSA) is 87.2 Å². The normalized spacial score (nSPS) is 19.5. The summed E-state index contributed by atoms with van der Waals surface area (Å²) >= 11 is 7.67. The molecule has 0 bridgehead atoms. The van der Waals surface area contributed by atoms with E-state index in [9.17, 15) is 8.42 Å². The standard InChI is InChI=1S/C13H18ClN3O2S2/c1-2-21(18,19)12-8-20-6-5-17(12)11-7-9(14)3-4-10(11)13(15)16/h3-4,7,12H,2,5-6,8H2,1H3,(H3,15,16). The zero-order chi connectivity index (χ0) is 15.6. The molecule has 1 saturated heterocycles. The number of thioether (sulfide) groups is 1. The minimum atomic E-state index is -3.22. The number of halogens is 1. The van der Waals surface area contributed by atoms with Crippen LogP contribution in [0, 0.1) is 5.41 Å². The lowest BCUT2D eigenvalue weighted by Gasteiger charge is -2.37. The molecule has 1 aliphatic rings. The number of nitrogens with two attached hydrogens (primary N) is 1. The van der Waals surface area contributed by atoms with Crippen molar-refractivity contribution in [2.75, 3.05) is 28.7 Å². The number of anilines is 1. The van der Waals surface area contributed by atoms with Crippen LogP contribution < -0.4 is 10.6 Å². The van der Waals surface area contributed by atoms with E-state index in [0.29, 0.717) is 28.6 Å². The summed E-state index contributed by atoms with van der Waals surface area (Å²) in [5.74, 6) is 1.34. The van der Waals surface area contributed by atoms with Crippen molar-refractivity contribution in [1.29, 1.82) is 5.41 Å². The fourth-order valence-corrected chi connectivity index (χ4v) is 5.47. The maximum absolute atomic E-state index is 12.3. The van der Waals surface area contributed by atoms with E-state index in [1.54, 1.807) is 36.9 Å². The van der Waals surface area contributed by atoms with Crippen molar-refractivity contribution in [1.82, 2.24) is 0 Å². The molecule has 8 heteroatoms. The van der Waals surface area contributed by atoms with E-state index < -0.39 is 15.2 Å². The Bertz CT molecular complexity index is 649. The van der Waals surface area contributed by atoms with Gasteiger partial charge in [-0.1, -0.05) is 18.5 Å². The summed E-state index contributed by atoms with van der Waals surface area (Å²) in [5, 5.41) is 7.59. The lowest BCUT2D eigenvalue weighted by Crippen LogP contribution is -2.48. The number of nitrogens with one attached hydrogen (secondary N) is 1. The lowest BCUT2D eigenvalue weighted by molar-refractivity contribution is 0.579. The fraction of sp³-hybridized carbons (Fsp3) is 0.462. The Morgan fingerprint density at radius 2 is 2.29 bits per heavy atom. The van der Waals surface area contributed by atoms with Crippen LogP contribution in [0.3, 0.4) is 0 Å². The first-order valence-electron chi connectivity index (χ1n) is 6.56. The highest BCUT2D eigenvalue weighted by molar-refractivity contribution is 8.01. The highest BCUT2D eigenvalue weighted by Crippen LogP contribution is 2.31. The highest BCUT2D eigenvalue weighted by atomic mass is 35.5. The van der Waals surface area contributed by atoms with Gasteiger partial charge in [-0.3, -0.25) is 5.41 Å². The third-order valence-corrected chi connectivity index (χ3v) is 6.98. The Hall–Kier alpha value is -0.920. The van der Waals surface area contributed by atoms with Crippen molar-refractivity contribution >= 4 is 44.7 Å². The number of hydrogen-bond acceptors (Lipinski definition) is 5. The molecule has 0 radical (unpaired) electrons. The average Bonchev–Trinajstić information content (AvgIpc) is 2.46. The zero-order valence-electron chi connectivity index (χ0n) is 11.7. The maximum atomic E-state index is 12.3. The van der Waals surface area contributed by atoms with Crippen molar-refractivity contribution in [2.24, 2.45) is 5.73 Å². The van der Waals surface area contributed by atoms with E-state index in [1.807, 2.05) is 4.90 Å². The van der Waals surface area contributed by atoms with E-state index in [2.05, 4.69) is 0 Å². The second kappa shape index (κ2) is 6.46. The number of nitrogens with zero attached hydrogens (tertiary/aromatic N) is 1. The SMILES string of the molecule is CCS(=O)(=O)C1CSCCN1c1cc(Cl)ccc1C(=N)N. The zero-order valence-corrected chi connectivity index (χ0v) is 14.1. The predicted molar refractivity (Wildman–Crippen MR) is 90.4 cm³/mol. The molecule has 1 heterocycles. The quantitative estimate of drug-likeness (QED) is 0.642. The second-order valence-electron chi connectivity index (χ2n) is 4.75. The molecule has 1 atom stereocenters. The minimum Gasteiger partial charge on any atom is -0.384 e. The van der Waals surface area contributed by atoms with Gasteiger partial charge in [0.15, 0.2) is 9.84 Å². The number of benzene rings is 1. The summed E-state index contributed by atoms with van der Waals surface area (Å²) in [7, 11) is -3.22. The van der Waals surface area contributed by atoms with Crippen molar-refractivity contribution in [3.8, 4) is 0 Å². The van der Waals surface area contributed by atoms with Gasteiger partial charge in [0.25, 0.3) is 0 Å². The first kappa shape index (κ1) is 16.5. The van der Waals surface area contributed by atoms with Gasteiger partial charge in [0.1, 0.15) is 11.2 Å². The Morgan fingerprint density at radius 1 is 1.57 bits per heavy atom.